The predicted octanol–water partition coefficient (Wildman–Crippen LogP) is 3.53. The summed E-state index contributed by atoms with van der Waals surface area (Å²) in [7, 11) is -2.83. The molecule has 2 bridgehead atoms. The zero-order chi connectivity index (χ0) is 16.0. The molecular weight excluding hydrogens is 334 g/mol. The molecule has 0 radical (unpaired) electrons. The van der Waals surface area contributed by atoms with Crippen LogP contribution in [0.15, 0.2) is 28.9 Å². The molecule has 6 heteroatoms. The zero-order valence-corrected chi connectivity index (χ0v) is 14.4. The van der Waals surface area contributed by atoms with Gasteiger partial charge in [-0.05, 0) is 56.3 Å². The largest absolute Gasteiger partial charge is 0.464 e. The monoisotopic (exact) mass is 353 g/mol. The summed E-state index contributed by atoms with van der Waals surface area (Å²) in [5.74, 6) is 0.447. The van der Waals surface area contributed by atoms with Crippen LogP contribution in [0.1, 0.15) is 31.2 Å². The molecule has 1 aromatic heterocycles. The summed E-state index contributed by atoms with van der Waals surface area (Å²) in [5, 5.41) is 4.98. The highest BCUT2D eigenvalue weighted by atomic mass is 35.5. The van der Waals surface area contributed by atoms with E-state index in [1.807, 2.05) is 18.2 Å². The van der Waals surface area contributed by atoms with Crippen molar-refractivity contribution in [2.75, 3.05) is 6.54 Å². The van der Waals surface area contributed by atoms with Crippen molar-refractivity contribution in [2.45, 2.75) is 42.7 Å². The number of hydrogen-bond donors (Lipinski definition) is 1. The lowest BCUT2D eigenvalue weighted by molar-refractivity contribution is 0.400. The van der Waals surface area contributed by atoms with Crippen molar-refractivity contribution >= 4 is 32.4 Å². The third-order valence-corrected chi connectivity index (χ3v) is 8.21. The van der Waals surface area contributed by atoms with Gasteiger partial charge in [-0.1, -0.05) is 11.6 Å². The topological polar surface area (TPSA) is 59.3 Å². The Balaban J connectivity index is 1.40. The molecule has 0 amide bonds. The minimum atomic E-state index is -2.83. The molecule has 2 aromatic rings. The fourth-order valence-corrected chi connectivity index (χ4v) is 6.94. The van der Waals surface area contributed by atoms with Gasteiger partial charge in [-0.15, -0.1) is 0 Å². The van der Waals surface area contributed by atoms with Crippen molar-refractivity contribution in [3.63, 3.8) is 0 Å². The molecule has 4 rings (SSSR count). The van der Waals surface area contributed by atoms with Crippen molar-refractivity contribution in [3.8, 4) is 0 Å². The average Bonchev–Trinajstić information content (AvgIpc) is 2.97. The molecule has 3 heterocycles. The van der Waals surface area contributed by atoms with E-state index >= 15 is 0 Å². The lowest BCUT2D eigenvalue weighted by atomic mass is 9.99. The third-order valence-electron chi connectivity index (χ3n) is 5.27. The standard InChI is InChI=1S/C17H20ClNO3S/c18-14-7-12-3-4-22-17(12)13(8-14)10-19-9-11-5-15-1-2-16(6-11)23(15,20)21/h3-4,7-8,11,15-16,19H,1-2,5-6,9-10H2. The second kappa shape index (κ2) is 5.80. The van der Waals surface area contributed by atoms with Crippen LogP contribution in [0.3, 0.4) is 0 Å². The highest BCUT2D eigenvalue weighted by Gasteiger charge is 2.46. The first-order valence-electron chi connectivity index (χ1n) is 8.13. The Labute approximate surface area is 141 Å². The van der Waals surface area contributed by atoms with Crippen molar-refractivity contribution < 1.29 is 12.8 Å². The Kier molecular flexibility index (Phi) is 3.90. The van der Waals surface area contributed by atoms with E-state index in [-0.39, 0.29) is 10.5 Å². The van der Waals surface area contributed by atoms with Crippen molar-refractivity contribution in [3.05, 3.63) is 35.0 Å². The Hall–Kier alpha value is -1.04. The van der Waals surface area contributed by atoms with Crippen LogP contribution in [0.4, 0.5) is 0 Å². The van der Waals surface area contributed by atoms with Crippen LogP contribution in [0.2, 0.25) is 5.02 Å². The van der Waals surface area contributed by atoms with Crippen molar-refractivity contribution in [1.82, 2.24) is 5.32 Å². The van der Waals surface area contributed by atoms with Gasteiger partial charge in [-0.25, -0.2) is 8.42 Å². The van der Waals surface area contributed by atoms with Gasteiger partial charge in [0.15, 0.2) is 9.84 Å². The first-order chi connectivity index (χ1) is 11.0. The number of benzene rings is 1. The number of sulfone groups is 1. The van der Waals surface area contributed by atoms with Gasteiger partial charge < -0.3 is 9.73 Å². The fraction of sp³-hybridized carbons (Fsp3) is 0.529. The Bertz CT molecular complexity index is 809. The molecule has 4 nitrogen and oxygen atoms in total. The molecule has 23 heavy (non-hydrogen) atoms. The fourth-order valence-electron chi connectivity index (χ4n) is 4.14. The van der Waals surface area contributed by atoms with E-state index in [4.69, 9.17) is 16.0 Å². The molecule has 2 fully saturated rings. The number of fused-ring (bicyclic) bond motifs is 3. The van der Waals surface area contributed by atoms with Gasteiger partial charge in [-0.2, -0.15) is 0 Å². The lowest BCUT2D eigenvalue weighted by Gasteiger charge is -2.28. The zero-order valence-electron chi connectivity index (χ0n) is 12.8. The average molecular weight is 354 g/mol. The quantitative estimate of drug-likeness (QED) is 0.913. The maximum absolute atomic E-state index is 12.1. The Morgan fingerprint density at radius 1 is 1.22 bits per heavy atom. The summed E-state index contributed by atoms with van der Waals surface area (Å²) < 4.78 is 29.8. The second-order valence-electron chi connectivity index (χ2n) is 6.78. The third kappa shape index (κ3) is 2.79. The first kappa shape index (κ1) is 15.5. The molecule has 1 aromatic carbocycles. The molecular formula is C17H20ClNO3S. The predicted molar refractivity (Wildman–Crippen MR) is 91.4 cm³/mol. The number of nitrogens with one attached hydrogen (secondary N) is 1. The van der Waals surface area contributed by atoms with E-state index < -0.39 is 9.84 Å². The smallest absolute Gasteiger partial charge is 0.156 e. The van der Waals surface area contributed by atoms with Gasteiger partial charge in [0.05, 0.1) is 16.8 Å². The first-order valence-corrected chi connectivity index (χ1v) is 10.1. The molecule has 0 aliphatic carbocycles. The van der Waals surface area contributed by atoms with Crippen LogP contribution in [0.25, 0.3) is 11.0 Å². The maximum atomic E-state index is 12.1. The molecule has 2 atom stereocenters. The summed E-state index contributed by atoms with van der Waals surface area (Å²) >= 11 is 6.15. The Morgan fingerprint density at radius 3 is 2.70 bits per heavy atom. The molecule has 1 N–H and O–H groups in total. The van der Waals surface area contributed by atoms with Crippen LogP contribution < -0.4 is 5.32 Å². The molecule has 2 saturated heterocycles. The summed E-state index contributed by atoms with van der Waals surface area (Å²) in [5.41, 5.74) is 1.91. The number of furan rings is 1. The SMILES string of the molecule is O=S1(=O)C2CCC1CC(CNCc1cc(Cl)cc3ccoc13)C2. The van der Waals surface area contributed by atoms with Crippen LogP contribution in [-0.4, -0.2) is 25.5 Å². The van der Waals surface area contributed by atoms with Gasteiger partial charge in [0.2, 0.25) is 0 Å². The summed E-state index contributed by atoms with van der Waals surface area (Å²) in [6.07, 6.45) is 4.99. The van der Waals surface area contributed by atoms with Gasteiger partial charge in [0.1, 0.15) is 5.58 Å². The van der Waals surface area contributed by atoms with E-state index in [0.29, 0.717) is 17.5 Å². The van der Waals surface area contributed by atoms with Crippen LogP contribution in [0, 0.1) is 5.92 Å². The molecule has 0 saturated carbocycles. The molecule has 2 aliphatic heterocycles. The second-order valence-corrected chi connectivity index (χ2v) is 9.73. The summed E-state index contributed by atoms with van der Waals surface area (Å²) in [6.45, 7) is 1.53. The lowest BCUT2D eigenvalue weighted by Crippen LogP contribution is -2.37. The van der Waals surface area contributed by atoms with E-state index in [2.05, 4.69) is 5.32 Å². The van der Waals surface area contributed by atoms with Crippen molar-refractivity contribution in [1.29, 1.82) is 0 Å². The number of rotatable bonds is 4. The molecule has 0 spiro atoms. The normalized spacial score (nSPS) is 29.2. The van der Waals surface area contributed by atoms with Crippen LogP contribution in [-0.2, 0) is 16.4 Å². The Morgan fingerprint density at radius 2 is 1.96 bits per heavy atom. The van der Waals surface area contributed by atoms with Gasteiger partial charge in [0, 0.05) is 22.5 Å². The van der Waals surface area contributed by atoms with Gasteiger partial charge in [-0.3, -0.25) is 0 Å². The molecule has 2 unspecified atom stereocenters. The van der Waals surface area contributed by atoms with Gasteiger partial charge in [0.25, 0.3) is 0 Å². The summed E-state index contributed by atoms with van der Waals surface area (Å²) in [6, 6.07) is 5.73. The van der Waals surface area contributed by atoms with Crippen LogP contribution >= 0.6 is 11.6 Å². The number of halogens is 1. The van der Waals surface area contributed by atoms with Crippen LogP contribution in [0.5, 0.6) is 0 Å². The minimum Gasteiger partial charge on any atom is -0.464 e. The number of hydrogen-bond acceptors (Lipinski definition) is 4. The highest BCUT2D eigenvalue weighted by molar-refractivity contribution is 7.93. The van der Waals surface area contributed by atoms with E-state index in [0.717, 1.165) is 48.8 Å². The van der Waals surface area contributed by atoms with E-state index in [1.165, 1.54) is 0 Å². The van der Waals surface area contributed by atoms with Gasteiger partial charge >= 0.3 is 0 Å². The van der Waals surface area contributed by atoms with E-state index in [1.54, 1.807) is 6.26 Å². The summed E-state index contributed by atoms with van der Waals surface area (Å²) in [4.78, 5) is 0. The minimum absolute atomic E-state index is 0.101. The molecule has 2 aliphatic rings. The highest BCUT2D eigenvalue weighted by Crippen LogP contribution is 2.40. The van der Waals surface area contributed by atoms with Crippen molar-refractivity contribution in [2.24, 2.45) is 5.92 Å². The molecule has 124 valence electrons. The maximum Gasteiger partial charge on any atom is 0.156 e. The van der Waals surface area contributed by atoms with E-state index in [9.17, 15) is 8.42 Å².